The van der Waals surface area contributed by atoms with E-state index in [1.165, 1.54) is 0 Å². The van der Waals surface area contributed by atoms with Gasteiger partial charge in [0.15, 0.2) is 5.66 Å². The zero-order valence-corrected chi connectivity index (χ0v) is 16.2. The lowest BCUT2D eigenvalue weighted by atomic mass is 10.1. The molecule has 1 fully saturated rings. The number of hydroxylamine groups is 2. The maximum Gasteiger partial charge on any atom is 0.536 e. The van der Waals surface area contributed by atoms with Crippen molar-refractivity contribution in [2.24, 2.45) is 10.2 Å². The first kappa shape index (κ1) is 22.2. The van der Waals surface area contributed by atoms with Gasteiger partial charge in [0.2, 0.25) is 12.7 Å². The van der Waals surface area contributed by atoms with E-state index in [1.807, 2.05) is 6.92 Å². The third kappa shape index (κ3) is 8.23. The van der Waals surface area contributed by atoms with Crippen LogP contribution in [-0.2, 0) is 33.5 Å². The van der Waals surface area contributed by atoms with E-state index < -0.39 is 30.7 Å². The number of esters is 1. The first-order valence-corrected chi connectivity index (χ1v) is 9.36. The lowest BCUT2D eigenvalue weighted by Crippen LogP contribution is -2.32. The fraction of sp³-hybridized carbons (Fsp3) is 0.706. The molecule has 12 heteroatoms. The van der Waals surface area contributed by atoms with Crippen molar-refractivity contribution in [3.63, 3.8) is 0 Å². The average molecular weight is 412 g/mol. The molecule has 0 unspecified atom stereocenters. The van der Waals surface area contributed by atoms with Crippen molar-refractivity contribution in [2.75, 3.05) is 13.3 Å². The molecule has 2 aliphatic rings. The van der Waals surface area contributed by atoms with Crippen LogP contribution in [0, 0.1) is 0 Å². The van der Waals surface area contributed by atoms with Crippen molar-refractivity contribution in [1.82, 2.24) is 10.4 Å². The smallest absolute Gasteiger partial charge is 0.428 e. The number of carbonyl (C=O) groups is 5. The topological polar surface area (TPSA) is 153 Å². The summed E-state index contributed by atoms with van der Waals surface area (Å²) in [5, 5.41) is 10.8. The standard InChI is InChI=1S/C17H24N4O8/c1-17(19-20-17)9-8-12(22)18-10-4-2-3-5-15(25)27-11-28-16(26)29-21-13(23)6-7-14(21)24/h2-11H2,1H3,(H,18,22). The zero-order chi connectivity index (χ0) is 21.3. The summed E-state index contributed by atoms with van der Waals surface area (Å²) in [4.78, 5) is 61.5. The second-order valence-electron chi connectivity index (χ2n) is 6.78. The van der Waals surface area contributed by atoms with Crippen molar-refractivity contribution in [3.05, 3.63) is 0 Å². The van der Waals surface area contributed by atoms with E-state index in [9.17, 15) is 24.0 Å². The van der Waals surface area contributed by atoms with Gasteiger partial charge in [-0.15, -0.1) is 0 Å². The quantitative estimate of drug-likeness (QED) is 0.218. The molecular weight excluding hydrogens is 388 g/mol. The Morgan fingerprint density at radius 2 is 1.72 bits per heavy atom. The number of hydrogen-bond donors (Lipinski definition) is 1. The summed E-state index contributed by atoms with van der Waals surface area (Å²) >= 11 is 0. The normalized spacial score (nSPS) is 16.5. The van der Waals surface area contributed by atoms with E-state index in [0.717, 1.165) is 0 Å². The molecule has 3 amide bonds. The number of nitrogens with zero attached hydrogens (tertiary/aromatic N) is 3. The third-order valence-corrected chi connectivity index (χ3v) is 4.22. The maximum atomic E-state index is 11.6. The number of unbranched alkanes of at least 4 members (excludes halogenated alkanes) is 2. The molecule has 0 radical (unpaired) electrons. The van der Waals surface area contributed by atoms with Gasteiger partial charge in [0.25, 0.3) is 11.8 Å². The van der Waals surface area contributed by atoms with E-state index in [0.29, 0.717) is 43.7 Å². The van der Waals surface area contributed by atoms with Crippen molar-refractivity contribution in [2.45, 2.75) is 64.0 Å². The highest BCUT2D eigenvalue weighted by Gasteiger charge is 2.34. The molecule has 0 aromatic carbocycles. The molecule has 12 nitrogen and oxygen atoms in total. The van der Waals surface area contributed by atoms with E-state index in [2.05, 4.69) is 25.1 Å². The zero-order valence-electron chi connectivity index (χ0n) is 16.2. The van der Waals surface area contributed by atoms with Gasteiger partial charge >= 0.3 is 12.1 Å². The number of ether oxygens (including phenoxy) is 2. The average Bonchev–Trinajstić information content (AvgIpc) is 3.34. The molecule has 0 aromatic rings. The molecule has 160 valence electrons. The molecule has 2 heterocycles. The fourth-order valence-corrected chi connectivity index (χ4v) is 2.40. The van der Waals surface area contributed by atoms with Gasteiger partial charge in [0, 0.05) is 38.6 Å². The molecule has 0 bridgehead atoms. The number of rotatable bonds is 12. The van der Waals surface area contributed by atoms with Crippen LogP contribution in [0.2, 0.25) is 0 Å². The van der Waals surface area contributed by atoms with Crippen LogP contribution < -0.4 is 5.32 Å². The minimum atomic E-state index is -1.31. The Hall–Kier alpha value is -3.05. The summed E-state index contributed by atoms with van der Waals surface area (Å²) in [7, 11) is 0. The van der Waals surface area contributed by atoms with E-state index in [-0.39, 0.29) is 30.8 Å². The van der Waals surface area contributed by atoms with Crippen LogP contribution in [0.5, 0.6) is 0 Å². The molecule has 2 aliphatic heterocycles. The highest BCUT2D eigenvalue weighted by Crippen LogP contribution is 2.31. The van der Waals surface area contributed by atoms with Gasteiger partial charge in [-0.3, -0.25) is 24.0 Å². The molecule has 0 aliphatic carbocycles. The van der Waals surface area contributed by atoms with Crippen LogP contribution in [-0.4, -0.2) is 53.9 Å². The Morgan fingerprint density at radius 3 is 2.38 bits per heavy atom. The molecule has 2 rings (SSSR count). The Bertz CT molecular complexity index is 671. The van der Waals surface area contributed by atoms with Crippen LogP contribution in [0.25, 0.3) is 0 Å². The number of amides is 3. The van der Waals surface area contributed by atoms with Gasteiger partial charge in [-0.1, -0.05) is 11.5 Å². The molecule has 0 aromatic heterocycles. The van der Waals surface area contributed by atoms with Crippen molar-refractivity contribution < 1.29 is 38.3 Å². The summed E-state index contributed by atoms with van der Waals surface area (Å²) in [6.45, 7) is 1.70. The van der Waals surface area contributed by atoms with E-state index in [4.69, 9.17) is 4.74 Å². The summed E-state index contributed by atoms with van der Waals surface area (Å²) in [5.41, 5.74) is -0.374. The van der Waals surface area contributed by atoms with Crippen LogP contribution >= 0.6 is 0 Å². The van der Waals surface area contributed by atoms with Crippen molar-refractivity contribution in [3.8, 4) is 0 Å². The van der Waals surface area contributed by atoms with Crippen LogP contribution in [0.1, 0.15) is 58.3 Å². The predicted octanol–water partition coefficient (Wildman–Crippen LogP) is 1.34. The number of hydrogen-bond acceptors (Lipinski definition) is 10. The monoisotopic (exact) mass is 412 g/mol. The van der Waals surface area contributed by atoms with E-state index >= 15 is 0 Å². The molecule has 0 spiro atoms. The largest absolute Gasteiger partial charge is 0.536 e. The Labute approximate surface area is 166 Å². The fourth-order valence-electron chi connectivity index (χ4n) is 2.40. The second kappa shape index (κ2) is 10.5. The van der Waals surface area contributed by atoms with E-state index in [1.54, 1.807) is 0 Å². The predicted molar refractivity (Wildman–Crippen MR) is 93.6 cm³/mol. The Balaban J connectivity index is 1.41. The summed E-state index contributed by atoms with van der Waals surface area (Å²) in [5.74, 6) is -1.89. The molecule has 0 saturated carbocycles. The maximum absolute atomic E-state index is 11.6. The summed E-state index contributed by atoms with van der Waals surface area (Å²) in [6.07, 6.45) is 1.69. The van der Waals surface area contributed by atoms with Crippen molar-refractivity contribution >= 4 is 29.8 Å². The first-order valence-electron chi connectivity index (χ1n) is 9.36. The number of carbonyl (C=O) groups excluding carboxylic acids is 5. The van der Waals surface area contributed by atoms with Gasteiger partial charge in [-0.05, 0) is 19.8 Å². The number of nitrogens with one attached hydrogen (secondary N) is 1. The SMILES string of the molecule is CC1(CCC(=O)NCCCCCC(=O)OCOC(=O)ON2C(=O)CCC2=O)N=N1. The van der Waals surface area contributed by atoms with Gasteiger partial charge in [-0.25, -0.2) is 4.79 Å². The van der Waals surface area contributed by atoms with Crippen LogP contribution in [0.3, 0.4) is 0 Å². The minimum absolute atomic E-state index is 0.0311. The molecule has 0 atom stereocenters. The highest BCUT2D eigenvalue weighted by molar-refractivity contribution is 6.01. The highest BCUT2D eigenvalue weighted by atomic mass is 16.9. The first-order chi connectivity index (χ1) is 13.8. The molecule has 1 N–H and O–H groups in total. The summed E-state index contributed by atoms with van der Waals surface area (Å²) < 4.78 is 9.19. The second-order valence-corrected chi connectivity index (χ2v) is 6.78. The van der Waals surface area contributed by atoms with Gasteiger partial charge < -0.3 is 14.8 Å². The molecular formula is C17H24N4O8. The van der Waals surface area contributed by atoms with Crippen LogP contribution in [0.15, 0.2) is 10.2 Å². The minimum Gasteiger partial charge on any atom is -0.428 e. The van der Waals surface area contributed by atoms with Gasteiger partial charge in [-0.2, -0.15) is 10.2 Å². The van der Waals surface area contributed by atoms with Gasteiger partial charge in [0.1, 0.15) is 0 Å². The van der Waals surface area contributed by atoms with Gasteiger partial charge in [0.05, 0.1) is 0 Å². The summed E-state index contributed by atoms with van der Waals surface area (Å²) in [6, 6.07) is 0. The molecule has 29 heavy (non-hydrogen) atoms. The van der Waals surface area contributed by atoms with Crippen LogP contribution in [0.4, 0.5) is 4.79 Å². The Kier molecular flexibility index (Phi) is 8.04. The third-order valence-electron chi connectivity index (χ3n) is 4.22. The molecule has 1 saturated heterocycles. The van der Waals surface area contributed by atoms with Crippen molar-refractivity contribution in [1.29, 1.82) is 0 Å². The lowest BCUT2D eigenvalue weighted by Gasteiger charge is -2.12. The lowest BCUT2D eigenvalue weighted by molar-refractivity contribution is -0.182. The Morgan fingerprint density at radius 1 is 1.03 bits per heavy atom. The number of imide groups is 1.